The minimum atomic E-state index is -4.42. The molecule has 0 spiro atoms. The number of carbonyl (C=O) groups is 2. The molecule has 0 amide bonds. The summed E-state index contributed by atoms with van der Waals surface area (Å²) in [5.74, 6) is -0.961. The molecule has 0 saturated carbocycles. The van der Waals surface area contributed by atoms with Gasteiger partial charge < -0.3 is 24.0 Å². The van der Waals surface area contributed by atoms with Crippen LogP contribution < -0.4 is 0 Å². The highest BCUT2D eigenvalue weighted by Crippen LogP contribution is 2.43. The Bertz CT molecular complexity index is 1460. The number of phosphoric ester groups is 1. The predicted molar refractivity (Wildman–Crippen MR) is 253 cm³/mol. The first kappa shape index (κ1) is 57.4. The number of carbonyl (C=O) groups excluding carboxylic acids is 2. The second-order valence-corrected chi connectivity index (χ2v) is 17.0. The molecule has 11 heteroatoms. The van der Waals surface area contributed by atoms with Gasteiger partial charge >= 0.3 is 19.8 Å². The van der Waals surface area contributed by atoms with Gasteiger partial charge in [0.25, 0.3) is 0 Å². The van der Waals surface area contributed by atoms with Crippen molar-refractivity contribution in [3.63, 3.8) is 0 Å². The number of rotatable bonds is 38. The van der Waals surface area contributed by atoms with Crippen LogP contribution in [0.5, 0.6) is 0 Å². The molecule has 0 fully saturated rings. The summed E-state index contributed by atoms with van der Waals surface area (Å²) in [5.41, 5.74) is 0. The zero-order valence-electron chi connectivity index (χ0n) is 38.2. The summed E-state index contributed by atoms with van der Waals surface area (Å²) in [4.78, 5) is 35.4. The Morgan fingerprint density at radius 2 is 1.11 bits per heavy atom. The van der Waals surface area contributed by atoms with Crippen molar-refractivity contribution in [1.82, 2.24) is 0 Å². The molecule has 0 radical (unpaired) electrons. The first-order chi connectivity index (χ1) is 29.4. The van der Waals surface area contributed by atoms with Crippen LogP contribution in [-0.2, 0) is 32.7 Å². The summed E-state index contributed by atoms with van der Waals surface area (Å²) >= 11 is 0. The molecule has 10 nitrogen and oxygen atoms in total. The third-order valence-electron chi connectivity index (χ3n) is 8.58. The van der Waals surface area contributed by atoms with Gasteiger partial charge in [-0.1, -0.05) is 148 Å². The monoisotopic (exact) mass is 871 g/mol. The first-order valence-corrected chi connectivity index (χ1v) is 23.9. The molecule has 0 aromatic heterocycles. The van der Waals surface area contributed by atoms with Crippen LogP contribution in [0, 0.1) is 0 Å². The maximum Gasteiger partial charge on any atom is 0.472 e. The van der Waals surface area contributed by atoms with E-state index in [1.165, 1.54) is 0 Å². The van der Waals surface area contributed by atoms with E-state index in [1.54, 1.807) is 6.08 Å². The van der Waals surface area contributed by atoms with Crippen LogP contribution in [0.1, 0.15) is 123 Å². The molecule has 61 heavy (non-hydrogen) atoms. The van der Waals surface area contributed by atoms with E-state index in [1.807, 2.05) is 63.7 Å². The third-order valence-corrected chi connectivity index (χ3v) is 9.57. The van der Waals surface area contributed by atoms with E-state index >= 15 is 0 Å². The lowest BCUT2D eigenvalue weighted by atomic mass is 10.1. The Balaban J connectivity index is 4.59. The summed E-state index contributed by atoms with van der Waals surface area (Å²) in [5, 5.41) is 9.85. The SMILES string of the molecule is CC/C=C\C/C=C\C/C=C\C/C=C\CCCCCCC(=O)OC[C@H](COP(=O)(O)OCC[N+](C)(C)C)OC(=O)CC/C=C\C/C=C\C/C=C\C/C=C/C=C/C(O)C/C=C\CC. The van der Waals surface area contributed by atoms with Crippen LogP contribution >= 0.6 is 7.82 Å². The molecule has 0 aliphatic rings. The van der Waals surface area contributed by atoms with E-state index in [9.17, 15) is 24.2 Å². The maximum absolute atomic E-state index is 12.7. The second-order valence-electron chi connectivity index (χ2n) is 15.5. The standard InChI is InChI=1S/C50H80NO9P/c1-6-8-10-11-12-13-14-15-16-17-18-21-24-27-30-33-37-41-49(53)57-45-48(46-59-61(55,56)58-44-43-51(3,4)5)60-50(54)42-38-34-31-28-25-22-19-20-23-26-29-32-36-40-47(52)39-35-9-7-2/h8-10,12-13,15-16,18,20-23,25,29,31-32,34-36,40,47-48,52H,6-7,11,14,17,19,24,26-28,30,33,37-39,41-46H2,1-5H3/p+1/b10-8-,13-12-,16-15-,21-18-,23-20-,25-22-,32-29+,34-31-,35-9-,40-36+/t47?,48-/m1/s1. The Morgan fingerprint density at radius 3 is 1.70 bits per heavy atom. The topological polar surface area (TPSA) is 129 Å². The number of esters is 2. The van der Waals surface area contributed by atoms with Crippen molar-refractivity contribution in [2.24, 2.45) is 0 Å². The van der Waals surface area contributed by atoms with Crippen LogP contribution in [-0.4, -0.2) is 86.1 Å². The Kier molecular flexibility index (Phi) is 38.0. The zero-order valence-corrected chi connectivity index (χ0v) is 39.1. The molecule has 0 aromatic carbocycles. The molecule has 0 heterocycles. The van der Waals surface area contributed by atoms with Crippen molar-refractivity contribution >= 4 is 19.8 Å². The van der Waals surface area contributed by atoms with Crippen molar-refractivity contribution < 1.29 is 47.2 Å². The van der Waals surface area contributed by atoms with Gasteiger partial charge in [-0.2, -0.15) is 0 Å². The normalized spacial score (nSPS) is 15.2. The van der Waals surface area contributed by atoms with Crippen molar-refractivity contribution in [2.75, 3.05) is 47.5 Å². The fourth-order valence-electron chi connectivity index (χ4n) is 5.11. The molecule has 0 aliphatic heterocycles. The van der Waals surface area contributed by atoms with Crippen molar-refractivity contribution in [3.05, 3.63) is 122 Å². The Hall–Kier alpha value is -3.63. The Labute approximate surface area is 370 Å². The van der Waals surface area contributed by atoms with Gasteiger partial charge in [-0.15, -0.1) is 0 Å². The van der Waals surface area contributed by atoms with Gasteiger partial charge in [0.2, 0.25) is 0 Å². The predicted octanol–water partition coefficient (Wildman–Crippen LogP) is 11.9. The molecular weight excluding hydrogens is 790 g/mol. The number of likely N-dealkylation sites (N-methyl/N-ethyl adjacent to an activating group) is 1. The fourth-order valence-corrected chi connectivity index (χ4v) is 5.85. The molecule has 0 aromatic rings. The van der Waals surface area contributed by atoms with Crippen LogP contribution in [0.3, 0.4) is 0 Å². The number of aliphatic hydroxyl groups is 1. The lowest BCUT2D eigenvalue weighted by Crippen LogP contribution is -2.37. The van der Waals surface area contributed by atoms with Gasteiger partial charge in [-0.05, 0) is 83.5 Å². The number of allylic oxidation sites excluding steroid dienone is 18. The minimum absolute atomic E-state index is 0.00101. The minimum Gasteiger partial charge on any atom is -0.462 e. The number of unbranched alkanes of at least 4 members (excludes halogenated alkanes) is 4. The molecule has 0 saturated heterocycles. The number of aliphatic hydroxyl groups excluding tert-OH is 1. The summed E-state index contributed by atoms with van der Waals surface area (Å²) in [6.07, 6.45) is 53.1. The van der Waals surface area contributed by atoms with Crippen LogP contribution in [0.25, 0.3) is 0 Å². The molecule has 0 bridgehead atoms. The van der Waals surface area contributed by atoms with Crippen LogP contribution in [0.2, 0.25) is 0 Å². The van der Waals surface area contributed by atoms with Gasteiger partial charge in [0.15, 0.2) is 6.10 Å². The summed E-state index contributed by atoms with van der Waals surface area (Å²) in [6, 6.07) is 0. The maximum atomic E-state index is 12.7. The molecule has 0 rings (SSSR count). The first-order valence-electron chi connectivity index (χ1n) is 22.4. The van der Waals surface area contributed by atoms with E-state index in [-0.39, 0.29) is 26.1 Å². The number of nitrogens with zero attached hydrogens (tertiary/aromatic N) is 1. The number of hydrogen-bond donors (Lipinski definition) is 2. The molecule has 0 aliphatic carbocycles. The van der Waals surface area contributed by atoms with Crippen LogP contribution in [0.15, 0.2) is 122 Å². The highest BCUT2D eigenvalue weighted by molar-refractivity contribution is 7.47. The second kappa shape index (κ2) is 40.4. The van der Waals surface area contributed by atoms with Crippen molar-refractivity contribution in [3.8, 4) is 0 Å². The Morgan fingerprint density at radius 1 is 0.590 bits per heavy atom. The summed E-state index contributed by atoms with van der Waals surface area (Å²) < 4.78 is 34.2. The molecule has 2 unspecified atom stereocenters. The number of phosphoric acid groups is 1. The van der Waals surface area contributed by atoms with Gasteiger partial charge in [0.05, 0.1) is 33.9 Å². The van der Waals surface area contributed by atoms with Gasteiger partial charge in [-0.3, -0.25) is 18.6 Å². The van der Waals surface area contributed by atoms with Gasteiger partial charge in [0, 0.05) is 12.8 Å². The summed E-state index contributed by atoms with van der Waals surface area (Å²) in [7, 11) is 1.37. The van der Waals surface area contributed by atoms with E-state index in [2.05, 4.69) is 86.8 Å². The largest absolute Gasteiger partial charge is 0.472 e. The molecule has 3 atom stereocenters. The van der Waals surface area contributed by atoms with Gasteiger partial charge in [-0.25, -0.2) is 4.57 Å². The number of quaternary nitrogens is 1. The average Bonchev–Trinajstić information content (AvgIpc) is 3.21. The zero-order chi connectivity index (χ0) is 45.1. The average molecular weight is 871 g/mol. The lowest BCUT2D eigenvalue weighted by Gasteiger charge is -2.24. The van der Waals surface area contributed by atoms with E-state index in [0.717, 1.165) is 77.0 Å². The highest BCUT2D eigenvalue weighted by atomic mass is 31.2. The van der Waals surface area contributed by atoms with Gasteiger partial charge in [0.1, 0.15) is 19.8 Å². The summed E-state index contributed by atoms with van der Waals surface area (Å²) in [6.45, 7) is 3.93. The van der Waals surface area contributed by atoms with E-state index in [4.69, 9.17) is 18.5 Å². The van der Waals surface area contributed by atoms with Crippen molar-refractivity contribution in [1.29, 1.82) is 0 Å². The molecule has 2 N–H and O–H groups in total. The highest BCUT2D eigenvalue weighted by Gasteiger charge is 2.27. The number of hydrogen-bond acceptors (Lipinski definition) is 8. The quantitative estimate of drug-likeness (QED) is 0.0156. The van der Waals surface area contributed by atoms with E-state index in [0.29, 0.717) is 30.3 Å². The number of ether oxygens (including phenoxy) is 2. The van der Waals surface area contributed by atoms with Crippen LogP contribution in [0.4, 0.5) is 0 Å². The van der Waals surface area contributed by atoms with Crippen molar-refractivity contribution in [2.45, 2.75) is 135 Å². The van der Waals surface area contributed by atoms with E-state index < -0.39 is 38.6 Å². The fraction of sp³-hybridized carbons (Fsp3) is 0.560. The molecular formula is C50H81NO9P+. The third kappa shape index (κ3) is 44.2. The molecule has 344 valence electrons. The lowest BCUT2D eigenvalue weighted by molar-refractivity contribution is -0.870. The smallest absolute Gasteiger partial charge is 0.462 e.